The van der Waals surface area contributed by atoms with E-state index in [1.165, 1.54) is 32.4 Å². The van der Waals surface area contributed by atoms with E-state index in [-0.39, 0.29) is 11.3 Å². The summed E-state index contributed by atoms with van der Waals surface area (Å²) in [7, 11) is 2.81. The van der Waals surface area contributed by atoms with Crippen molar-refractivity contribution in [2.75, 3.05) is 14.2 Å². The van der Waals surface area contributed by atoms with Gasteiger partial charge in [-0.1, -0.05) is 0 Å². The number of primary amides is 1. The molecule has 0 fully saturated rings. The molecule has 2 aromatic rings. The average Bonchev–Trinajstić information content (AvgIpc) is 2.62. The van der Waals surface area contributed by atoms with Gasteiger partial charge in [-0.2, -0.15) is 0 Å². The summed E-state index contributed by atoms with van der Waals surface area (Å²) in [6, 6.07) is 5.23. The van der Waals surface area contributed by atoms with Gasteiger partial charge in [0.05, 0.1) is 37.4 Å². The predicted molar refractivity (Wildman–Crippen MR) is 89.8 cm³/mol. The number of rotatable bonds is 7. The first-order valence-corrected chi connectivity index (χ1v) is 7.22. The van der Waals surface area contributed by atoms with E-state index in [9.17, 15) is 24.5 Å². The molecule has 0 radical (unpaired) electrons. The fourth-order valence-corrected chi connectivity index (χ4v) is 2.28. The lowest BCUT2D eigenvalue weighted by Crippen LogP contribution is -2.31. The number of nitrogens with zero attached hydrogens (tertiary/aromatic N) is 2. The van der Waals surface area contributed by atoms with E-state index in [0.29, 0.717) is 5.75 Å². The summed E-state index contributed by atoms with van der Waals surface area (Å²) in [5.74, 6) is -1.01. The summed E-state index contributed by atoms with van der Waals surface area (Å²) in [5.41, 5.74) is 3.22. The van der Waals surface area contributed by atoms with Crippen molar-refractivity contribution >= 4 is 17.4 Å². The number of carbonyl (C=O) groups is 2. The van der Waals surface area contributed by atoms with Gasteiger partial charge in [0.2, 0.25) is 0 Å². The first-order valence-electron chi connectivity index (χ1n) is 7.22. The van der Waals surface area contributed by atoms with Gasteiger partial charge in [0, 0.05) is 12.1 Å². The van der Waals surface area contributed by atoms with Crippen LogP contribution in [0.3, 0.4) is 0 Å². The molecule has 0 aliphatic heterocycles. The maximum atomic E-state index is 12.5. The van der Waals surface area contributed by atoms with Crippen LogP contribution in [0, 0.1) is 10.1 Å². The fourth-order valence-electron chi connectivity index (χ4n) is 2.28. The van der Waals surface area contributed by atoms with Crippen molar-refractivity contribution in [3.05, 3.63) is 62.1 Å². The Morgan fingerprint density at radius 1 is 1.19 bits per heavy atom. The molecule has 0 aliphatic carbocycles. The van der Waals surface area contributed by atoms with Crippen LogP contribution in [0.15, 0.2) is 35.3 Å². The lowest BCUT2D eigenvalue weighted by atomic mass is 10.1. The van der Waals surface area contributed by atoms with Crippen LogP contribution in [-0.2, 0) is 6.54 Å². The molecule has 0 spiro atoms. The van der Waals surface area contributed by atoms with Gasteiger partial charge >= 0.3 is 0 Å². The number of Topliss-reactive ketones (excluding diaryl/α,β-unsaturated/α-hetero) is 1. The van der Waals surface area contributed by atoms with E-state index in [2.05, 4.69) is 0 Å². The summed E-state index contributed by atoms with van der Waals surface area (Å²) in [4.78, 5) is 46.3. The number of hydrogen-bond donors (Lipinski definition) is 1. The Bertz CT molecular complexity index is 949. The van der Waals surface area contributed by atoms with Crippen LogP contribution in [0.1, 0.15) is 20.7 Å². The van der Waals surface area contributed by atoms with E-state index < -0.39 is 40.0 Å². The molecule has 136 valence electrons. The number of carbonyl (C=O) groups excluding carboxylic acids is 2. The first-order chi connectivity index (χ1) is 12.3. The molecule has 0 atom stereocenters. The lowest BCUT2D eigenvalue weighted by molar-refractivity contribution is -0.385. The molecular formula is C16H15N3O7. The van der Waals surface area contributed by atoms with Crippen LogP contribution in [0.2, 0.25) is 0 Å². The van der Waals surface area contributed by atoms with Gasteiger partial charge in [-0.05, 0) is 12.1 Å². The number of amides is 1. The van der Waals surface area contributed by atoms with E-state index in [4.69, 9.17) is 15.2 Å². The standard InChI is InChI=1S/C16H15N3O7/c1-25-10-3-4-11(14(6-10)26-2)13(20)8-18-7-9(19(23)24)5-12(15(17)21)16(18)22/h3-7H,8H2,1-2H3,(H2,17,21). The van der Waals surface area contributed by atoms with Crippen LogP contribution < -0.4 is 20.8 Å². The normalized spacial score (nSPS) is 10.2. The third-order valence-corrected chi connectivity index (χ3v) is 3.57. The number of nitro groups is 1. The molecule has 1 aromatic heterocycles. The fraction of sp³-hybridized carbons (Fsp3) is 0.188. The Labute approximate surface area is 146 Å². The zero-order valence-electron chi connectivity index (χ0n) is 13.9. The SMILES string of the molecule is COc1ccc(C(=O)Cn2cc([N+](=O)[O-])cc(C(N)=O)c2=O)c(OC)c1. The highest BCUT2D eigenvalue weighted by molar-refractivity contribution is 5.99. The second-order valence-electron chi connectivity index (χ2n) is 5.16. The van der Waals surface area contributed by atoms with E-state index in [1.54, 1.807) is 0 Å². The summed E-state index contributed by atoms with van der Waals surface area (Å²) in [5, 5.41) is 11.0. The number of nitrogens with two attached hydrogens (primary N) is 1. The number of pyridine rings is 1. The van der Waals surface area contributed by atoms with Gasteiger partial charge in [-0.15, -0.1) is 0 Å². The minimum atomic E-state index is -1.12. The second-order valence-corrected chi connectivity index (χ2v) is 5.16. The van der Waals surface area contributed by atoms with Gasteiger partial charge in [-0.3, -0.25) is 24.5 Å². The molecule has 0 saturated carbocycles. The molecule has 0 aliphatic rings. The number of ether oxygens (including phenoxy) is 2. The van der Waals surface area contributed by atoms with Crippen molar-refractivity contribution in [3.8, 4) is 11.5 Å². The quantitative estimate of drug-likeness (QED) is 0.435. The van der Waals surface area contributed by atoms with Gasteiger partial charge < -0.3 is 19.8 Å². The van der Waals surface area contributed by atoms with Gasteiger partial charge in [-0.25, -0.2) is 0 Å². The van der Waals surface area contributed by atoms with Crippen LogP contribution in [0.5, 0.6) is 11.5 Å². The highest BCUT2D eigenvalue weighted by atomic mass is 16.6. The molecule has 0 bridgehead atoms. The smallest absolute Gasteiger partial charge is 0.286 e. The van der Waals surface area contributed by atoms with Crippen molar-refractivity contribution < 1.29 is 24.0 Å². The number of hydrogen-bond acceptors (Lipinski definition) is 7. The lowest BCUT2D eigenvalue weighted by Gasteiger charge is -2.11. The molecule has 10 heteroatoms. The Morgan fingerprint density at radius 3 is 2.42 bits per heavy atom. The monoisotopic (exact) mass is 361 g/mol. The van der Waals surface area contributed by atoms with Crippen molar-refractivity contribution in [2.45, 2.75) is 6.54 Å². The van der Waals surface area contributed by atoms with Crippen LogP contribution >= 0.6 is 0 Å². The van der Waals surface area contributed by atoms with Gasteiger partial charge in [0.15, 0.2) is 5.78 Å². The third kappa shape index (κ3) is 3.69. The van der Waals surface area contributed by atoms with Crippen molar-refractivity contribution in [1.82, 2.24) is 4.57 Å². The van der Waals surface area contributed by atoms with Crippen LogP contribution in [0.25, 0.3) is 0 Å². The van der Waals surface area contributed by atoms with E-state index in [1.807, 2.05) is 0 Å². The maximum absolute atomic E-state index is 12.5. The zero-order chi connectivity index (χ0) is 19.4. The number of aromatic nitrogens is 1. The molecule has 10 nitrogen and oxygen atoms in total. The molecule has 1 aromatic carbocycles. The zero-order valence-corrected chi connectivity index (χ0v) is 13.9. The summed E-state index contributed by atoms with van der Waals surface area (Å²) < 4.78 is 10.9. The summed E-state index contributed by atoms with van der Waals surface area (Å²) in [6.07, 6.45) is 0.878. The summed E-state index contributed by atoms with van der Waals surface area (Å²) >= 11 is 0. The highest BCUT2D eigenvalue weighted by Crippen LogP contribution is 2.25. The van der Waals surface area contributed by atoms with E-state index >= 15 is 0 Å². The minimum Gasteiger partial charge on any atom is -0.497 e. The number of ketones is 1. The Kier molecular flexibility index (Phi) is 5.36. The topological polar surface area (TPSA) is 144 Å². The maximum Gasteiger partial charge on any atom is 0.286 e. The second kappa shape index (κ2) is 7.47. The molecule has 0 unspecified atom stereocenters. The predicted octanol–water partition coefficient (Wildman–Crippen LogP) is 0.755. The summed E-state index contributed by atoms with van der Waals surface area (Å²) in [6.45, 7) is -0.538. The van der Waals surface area contributed by atoms with E-state index in [0.717, 1.165) is 16.8 Å². The minimum absolute atomic E-state index is 0.146. The Morgan fingerprint density at radius 2 is 1.88 bits per heavy atom. The Hall–Kier alpha value is -3.69. The first kappa shape index (κ1) is 18.6. The molecule has 1 heterocycles. The molecule has 2 rings (SSSR count). The van der Waals surface area contributed by atoms with Crippen molar-refractivity contribution in [2.24, 2.45) is 5.73 Å². The molecular weight excluding hydrogens is 346 g/mol. The molecule has 26 heavy (non-hydrogen) atoms. The molecule has 2 N–H and O–H groups in total. The van der Waals surface area contributed by atoms with Crippen LogP contribution in [-0.4, -0.2) is 35.4 Å². The Balaban J connectivity index is 2.48. The van der Waals surface area contributed by atoms with Gasteiger partial charge in [0.1, 0.15) is 17.1 Å². The van der Waals surface area contributed by atoms with Gasteiger partial charge in [0.25, 0.3) is 17.2 Å². The molecule has 1 amide bonds. The molecule has 0 saturated heterocycles. The highest BCUT2D eigenvalue weighted by Gasteiger charge is 2.20. The number of methoxy groups -OCH3 is 2. The largest absolute Gasteiger partial charge is 0.497 e. The van der Waals surface area contributed by atoms with Crippen LogP contribution in [0.4, 0.5) is 5.69 Å². The number of benzene rings is 1. The van der Waals surface area contributed by atoms with Crippen molar-refractivity contribution in [3.63, 3.8) is 0 Å². The third-order valence-electron chi connectivity index (χ3n) is 3.57. The average molecular weight is 361 g/mol. The van der Waals surface area contributed by atoms with Crippen molar-refractivity contribution in [1.29, 1.82) is 0 Å².